The lowest BCUT2D eigenvalue weighted by molar-refractivity contribution is -0.0855. The van der Waals surface area contributed by atoms with Gasteiger partial charge < -0.3 is 19.9 Å². The number of aromatic carboxylic acids is 1. The van der Waals surface area contributed by atoms with Gasteiger partial charge in [0.25, 0.3) is 5.91 Å². The second-order valence-corrected chi connectivity index (χ2v) is 5.67. The van der Waals surface area contributed by atoms with Crippen molar-refractivity contribution in [2.75, 3.05) is 26.4 Å². The van der Waals surface area contributed by atoms with Gasteiger partial charge in [-0.1, -0.05) is 36.4 Å². The first-order valence-corrected chi connectivity index (χ1v) is 8.06. The Morgan fingerprint density at radius 3 is 2.28 bits per heavy atom. The third kappa shape index (κ3) is 4.04. The summed E-state index contributed by atoms with van der Waals surface area (Å²) in [6, 6.07) is 13.6. The van der Waals surface area contributed by atoms with E-state index in [4.69, 9.17) is 9.47 Å². The number of hydrogen-bond acceptors (Lipinski definition) is 4. The van der Waals surface area contributed by atoms with Crippen LogP contribution in [0.15, 0.2) is 48.5 Å². The zero-order valence-corrected chi connectivity index (χ0v) is 13.6. The molecule has 2 N–H and O–H groups in total. The molecule has 0 radical (unpaired) electrons. The number of amides is 1. The summed E-state index contributed by atoms with van der Waals surface area (Å²) in [5, 5.41) is 12.2. The molecule has 1 aliphatic heterocycles. The zero-order chi connectivity index (χ0) is 17.6. The summed E-state index contributed by atoms with van der Waals surface area (Å²) in [7, 11) is 0. The van der Waals surface area contributed by atoms with Crippen LogP contribution in [0.1, 0.15) is 20.7 Å². The molecule has 1 amide bonds. The van der Waals surface area contributed by atoms with Gasteiger partial charge in [-0.25, -0.2) is 4.79 Å². The van der Waals surface area contributed by atoms with Crippen LogP contribution in [0.3, 0.4) is 0 Å². The van der Waals surface area contributed by atoms with Crippen molar-refractivity contribution in [3.05, 3.63) is 59.7 Å². The number of carbonyl (C=O) groups is 2. The summed E-state index contributed by atoms with van der Waals surface area (Å²) >= 11 is 0. The summed E-state index contributed by atoms with van der Waals surface area (Å²) in [4.78, 5) is 24.1. The van der Waals surface area contributed by atoms with E-state index in [2.05, 4.69) is 5.32 Å². The molecule has 130 valence electrons. The van der Waals surface area contributed by atoms with E-state index >= 15 is 0 Å². The Kier molecular flexibility index (Phi) is 5.42. The number of carbonyl (C=O) groups excluding carboxylic acids is 1. The predicted molar refractivity (Wildman–Crippen MR) is 91.7 cm³/mol. The van der Waals surface area contributed by atoms with Crippen molar-refractivity contribution in [1.29, 1.82) is 0 Å². The number of carboxylic acids is 1. The molecule has 3 rings (SSSR count). The molecule has 1 atom stereocenters. The quantitative estimate of drug-likeness (QED) is 0.871. The van der Waals surface area contributed by atoms with E-state index in [9.17, 15) is 14.7 Å². The van der Waals surface area contributed by atoms with Crippen LogP contribution in [0.5, 0.6) is 0 Å². The molecule has 2 aromatic rings. The van der Waals surface area contributed by atoms with Gasteiger partial charge in [0, 0.05) is 12.1 Å². The van der Waals surface area contributed by atoms with Crippen LogP contribution in [-0.2, 0) is 9.47 Å². The molecule has 0 spiro atoms. The third-order valence-corrected chi connectivity index (χ3v) is 3.99. The largest absolute Gasteiger partial charge is 0.478 e. The summed E-state index contributed by atoms with van der Waals surface area (Å²) in [5.74, 6) is -1.30. The van der Waals surface area contributed by atoms with Crippen molar-refractivity contribution >= 4 is 11.9 Å². The third-order valence-electron chi connectivity index (χ3n) is 3.99. The Morgan fingerprint density at radius 2 is 1.64 bits per heavy atom. The molecule has 0 aliphatic carbocycles. The highest BCUT2D eigenvalue weighted by Gasteiger charge is 2.19. The van der Waals surface area contributed by atoms with E-state index in [0.717, 1.165) is 0 Å². The van der Waals surface area contributed by atoms with Crippen LogP contribution in [-0.4, -0.2) is 49.5 Å². The van der Waals surface area contributed by atoms with Gasteiger partial charge in [-0.3, -0.25) is 4.79 Å². The Bertz CT molecular complexity index is 768. The molecular formula is C19H19NO5. The standard InChI is InChI=1S/C19H19NO5/c21-18(20-11-13-12-24-9-10-25-13)16-7-3-1-5-14(16)15-6-2-4-8-17(15)19(22)23/h1-8,13H,9-12H2,(H,20,21)(H,22,23). The number of rotatable bonds is 5. The fourth-order valence-electron chi connectivity index (χ4n) is 2.78. The number of ether oxygens (including phenoxy) is 2. The Hall–Kier alpha value is -2.70. The Balaban J connectivity index is 1.83. The van der Waals surface area contributed by atoms with Gasteiger partial charge >= 0.3 is 5.97 Å². The minimum Gasteiger partial charge on any atom is -0.478 e. The first kappa shape index (κ1) is 17.1. The van der Waals surface area contributed by atoms with Crippen molar-refractivity contribution < 1.29 is 24.2 Å². The van der Waals surface area contributed by atoms with Gasteiger partial charge in [-0.2, -0.15) is 0 Å². The van der Waals surface area contributed by atoms with Crippen LogP contribution in [0.25, 0.3) is 11.1 Å². The SMILES string of the molecule is O=C(O)c1ccccc1-c1ccccc1C(=O)NCC1COCCO1. The summed E-state index contributed by atoms with van der Waals surface area (Å²) in [5.41, 5.74) is 1.68. The van der Waals surface area contributed by atoms with Crippen LogP contribution < -0.4 is 5.32 Å². The molecule has 6 nitrogen and oxygen atoms in total. The average molecular weight is 341 g/mol. The lowest BCUT2D eigenvalue weighted by atomic mass is 9.95. The molecule has 1 aliphatic rings. The van der Waals surface area contributed by atoms with Gasteiger partial charge in [-0.15, -0.1) is 0 Å². The summed E-state index contributed by atoms with van der Waals surface area (Å²) in [6.07, 6.45) is -0.170. The monoisotopic (exact) mass is 341 g/mol. The van der Waals surface area contributed by atoms with Gasteiger partial charge in [0.1, 0.15) is 0 Å². The molecule has 6 heteroatoms. The highest BCUT2D eigenvalue weighted by molar-refractivity contribution is 6.04. The number of carboxylic acid groups (broad SMARTS) is 1. The van der Waals surface area contributed by atoms with Crippen molar-refractivity contribution in [2.24, 2.45) is 0 Å². The second-order valence-electron chi connectivity index (χ2n) is 5.67. The fraction of sp³-hybridized carbons (Fsp3) is 0.263. The van der Waals surface area contributed by atoms with E-state index in [-0.39, 0.29) is 17.6 Å². The van der Waals surface area contributed by atoms with Gasteiger partial charge in [0.05, 0.1) is 31.5 Å². The van der Waals surface area contributed by atoms with E-state index < -0.39 is 5.97 Å². The highest BCUT2D eigenvalue weighted by atomic mass is 16.6. The molecule has 0 saturated carbocycles. The van der Waals surface area contributed by atoms with Crippen molar-refractivity contribution in [3.63, 3.8) is 0 Å². The molecule has 25 heavy (non-hydrogen) atoms. The van der Waals surface area contributed by atoms with Crippen LogP contribution in [0.2, 0.25) is 0 Å². The van der Waals surface area contributed by atoms with Crippen molar-refractivity contribution in [3.8, 4) is 11.1 Å². The lowest BCUT2D eigenvalue weighted by Crippen LogP contribution is -2.39. The highest BCUT2D eigenvalue weighted by Crippen LogP contribution is 2.27. The normalized spacial score (nSPS) is 17.0. The maximum atomic E-state index is 12.6. The van der Waals surface area contributed by atoms with E-state index in [1.165, 1.54) is 6.07 Å². The summed E-state index contributed by atoms with van der Waals surface area (Å²) < 4.78 is 10.8. The molecule has 2 aromatic carbocycles. The Labute approximate surface area is 145 Å². The molecule has 0 aromatic heterocycles. The van der Waals surface area contributed by atoms with Crippen LogP contribution >= 0.6 is 0 Å². The molecule has 0 bridgehead atoms. The molecule has 1 fully saturated rings. The first-order valence-electron chi connectivity index (χ1n) is 8.06. The molecule has 1 unspecified atom stereocenters. The minimum absolute atomic E-state index is 0.159. The molecular weight excluding hydrogens is 322 g/mol. The smallest absolute Gasteiger partial charge is 0.336 e. The maximum Gasteiger partial charge on any atom is 0.336 e. The molecule has 1 heterocycles. The molecule has 1 saturated heterocycles. The zero-order valence-electron chi connectivity index (χ0n) is 13.6. The minimum atomic E-state index is -1.03. The van der Waals surface area contributed by atoms with E-state index in [1.54, 1.807) is 42.5 Å². The van der Waals surface area contributed by atoms with Crippen LogP contribution in [0, 0.1) is 0 Å². The van der Waals surface area contributed by atoms with E-state index in [0.29, 0.717) is 43.1 Å². The van der Waals surface area contributed by atoms with E-state index in [1.807, 2.05) is 0 Å². The predicted octanol–water partition coefficient (Wildman–Crippen LogP) is 2.20. The number of nitrogens with one attached hydrogen (secondary N) is 1. The second kappa shape index (κ2) is 7.92. The topological polar surface area (TPSA) is 84.9 Å². The van der Waals surface area contributed by atoms with Gasteiger partial charge in [0.15, 0.2) is 0 Å². The fourth-order valence-corrected chi connectivity index (χ4v) is 2.78. The van der Waals surface area contributed by atoms with Crippen LogP contribution in [0.4, 0.5) is 0 Å². The summed E-state index contributed by atoms with van der Waals surface area (Å²) in [6.45, 7) is 1.87. The van der Waals surface area contributed by atoms with Gasteiger partial charge in [-0.05, 0) is 23.3 Å². The first-order chi connectivity index (χ1) is 12.2. The van der Waals surface area contributed by atoms with Crippen molar-refractivity contribution in [2.45, 2.75) is 6.10 Å². The van der Waals surface area contributed by atoms with Crippen molar-refractivity contribution in [1.82, 2.24) is 5.32 Å². The number of benzene rings is 2. The van der Waals surface area contributed by atoms with Gasteiger partial charge in [0.2, 0.25) is 0 Å². The maximum absolute atomic E-state index is 12.6. The lowest BCUT2D eigenvalue weighted by Gasteiger charge is -2.23. The Morgan fingerprint density at radius 1 is 1.00 bits per heavy atom. The average Bonchev–Trinajstić information content (AvgIpc) is 2.67. The number of hydrogen-bond donors (Lipinski definition) is 2.